The van der Waals surface area contributed by atoms with Crippen molar-refractivity contribution in [1.29, 1.82) is 0 Å². The molecule has 6 nitrogen and oxygen atoms in total. The molecule has 2 atom stereocenters. The highest BCUT2D eigenvalue weighted by molar-refractivity contribution is 5.91. The average molecular weight is 346 g/mol. The summed E-state index contributed by atoms with van der Waals surface area (Å²) in [5.41, 5.74) is 0.463. The van der Waals surface area contributed by atoms with Gasteiger partial charge in [0.25, 0.3) is 0 Å². The number of imidazole rings is 1. The van der Waals surface area contributed by atoms with Gasteiger partial charge >= 0.3 is 6.03 Å². The second kappa shape index (κ2) is 8.00. The molecule has 7 heteroatoms. The van der Waals surface area contributed by atoms with Crippen molar-refractivity contribution in [3.05, 3.63) is 42.7 Å². The average Bonchev–Trinajstić information content (AvgIpc) is 3.26. The fourth-order valence-electron chi connectivity index (χ4n) is 3.19. The fourth-order valence-corrected chi connectivity index (χ4v) is 3.19. The Labute approximate surface area is 146 Å². The number of hydrogen-bond donors (Lipinski definition) is 2. The molecule has 0 saturated heterocycles. The molecule has 0 bridgehead atoms. The van der Waals surface area contributed by atoms with E-state index in [1.165, 1.54) is 18.2 Å². The zero-order valence-corrected chi connectivity index (χ0v) is 14.2. The smallest absolute Gasteiger partial charge is 0.319 e. The Balaban J connectivity index is 1.64. The zero-order valence-electron chi connectivity index (χ0n) is 14.2. The Bertz CT molecular complexity index is 705. The summed E-state index contributed by atoms with van der Waals surface area (Å²) >= 11 is 0. The van der Waals surface area contributed by atoms with Gasteiger partial charge < -0.3 is 19.9 Å². The summed E-state index contributed by atoms with van der Waals surface area (Å²) in [5, 5.41) is 5.79. The van der Waals surface area contributed by atoms with Crippen molar-refractivity contribution in [3.8, 4) is 5.75 Å². The van der Waals surface area contributed by atoms with Crippen molar-refractivity contribution in [1.82, 2.24) is 14.9 Å². The van der Waals surface area contributed by atoms with Gasteiger partial charge in [-0.15, -0.1) is 0 Å². The van der Waals surface area contributed by atoms with Crippen LogP contribution in [0.2, 0.25) is 0 Å². The summed E-state index contributed by atoms with van der Waals surface area (Å²) in [7, 11) is 0. The Morgan fingerprint density at radius 2 is 2.32 bits per heavy atom. The van der Waals surface area contributed by atoms with E-state index in [1.54, 1.807) is 12.5 Å². The molecule has 1 aliphatic rings. The topological polar surface area (TPSA) is 68.2 Å². The van der Waals surface area contributed by atoms with Gasteiger partial charge in [0.2, 0.25) is 0 Å². The number of urea groups is 1. The normalized spacial score (nSPS) is 19.6. The Kier molecular flexibility index (Phi) is 5.53. The van der Waals surface area contributed by atoms with E-state index in [9.17, 15) is 9.18 Å². The first-order valence-electron chi connectivity index (χ1n) is 8.64. The van der Waals surface area contributed by atoms with Crippen LogP contribution in [0.3, 0.4) is 0 Å². The summed E-state index contributed by atoms with van der Waals surface area (Å²) in [6, 6.07) is 4.03. The van der Waals surface area contributed by atoms with Crippen LogP contribution in [0.5, 0.6) is 5.75 Å². The van der Waals surface area contributed by atoms with Crippen LogP contribution in [0.25, 0.3) is 0 Å². The molecule has 25 heavy (non-hydrogen) atoms. The second-order valence-corrected chi connectivity index (χ2v) is 6.20. The molecule has 1 saturated carbocycles. The number of ether oxygens (including phenoxy) is 1. The van der Waals surface area contributed by atoms with Crippen LogP contribution in [0.4, 0.5) is 14.9 Å². The molecule has 0 radical (unpaired) electrons. The summed E-state index contributed by atoms with van der Waals surface area (Å²) in [5.74, 6) is -0.0531. The number of benzene rings is 1. The van der Waals surface area contributed by atoms with Crippen LogP contribution in [0.1, 0.15) is 38.6 Å². The first-order valence-corrected chi connectivity index (χ1v) is 8.64. The maximum absolute atomic E-state index is 13.4. The number of nitrogens with one attached hydrogen (secondary N) is 2. The van der Waals surface area contributed by atoms with E-state index in [-0.39, 0.29) is 18.1 Å². The minimum Gasteiger partial charge on any atom is -0.491 e. The molecule has 0 spiro atoms. The molecule has 134 valence electrons. The summed E-state index contributed by atoms with van der Waals surface area (Å²) < 4.78 is 21.0. The van der Waals surface area contributed by atoms with Gasteiger partial charge in [0.1, 0.15) is 11.6 Å². The van der Waals surface area contributed by atoms with Crippen LogP contribution >= 0.6 is 0 Å². The van der Waals surface area contributed by atoms with Crippen molar-refractivity contribution >= 4 is 11.7 Å². The van der Waals surface area contributed by atoms with Gasteiger partial charge in [0.05, 0.1) is 30.7 Å². The minimum atomic E-state index is -0.395. The lowest BCUT2D eigenvalue weighted by Gasteiger charge is -2.22. The number of aromatic nitrogens is 2. The third kappa shape index (κ3) is 4.29. The molecule has 0 aliphatic heterocycles. The maximum atomic E-state index is 13.4. The predicted molar refractivity (Wildman–Crippen MR) is 93.2 cm³/mol. The highest BCUT2D eigenvalue weighted by Gasteiger charge is 2.29. The van der Waals surface area contributed by atoms with Crippen LogP contribution in [0.15, 0.2) is 36.9 Å². The van der Waals surface area contributed by atoms with Gasteiger partial charge in [-0.25, -0.2) is 14.2 Å². The van der Waals surface area contributed by atoms with Crippen LogP contribution < -0.4 is 15.4 Å². The van der Waals surface area contributed by atoms with Crippen molar-refractivity contribution in [2.75, 3.05) is 11.9 Å². The van der Waals surface area contributed by atoms with Gasteiger partial charge in [0, 0.05) is 18.5 Å². The molecule has 3 rings (SSSR count). The van der Waals surface area contributed by atoms with Crippen molar-refractivity contribution in [3.63, 3.8) is 0 Å². The number of hydrogen-bond acceptors (Lipinski definition) is 3. The van der Waals surface area contributed by atoms with E-state index in [0.29, 0.717) is 18.0 Å². The van der Waals surface area contributed by atoms with Gasteiger partial charge in [-0.1, -0.05) is 6.92 Å². The quantitative estimate of drug-likeness (QED) is 0.837. The highest BCUT2D eigenvalue weighted by atomic mass is 19.1. The molecule has 2 amide bonds. The standard InChI is InChI=1S/C18H23FN4O2/c1-2-10-25-17-11-13(19)6-7-15(17)22-18(24)21-14-4-3-5-16(14)23-9-8-20-12-23/h6-9,11-12,14,16H,2-5,10H2,1H3,(H2,21,22,24)/t14-,16+/m1/s1. The second-order valence-electron chi connectivity index (χ2n) is 6.20. The van der Waals surface area contributed by atoms with E-state index in [2.05, 4.69) is 15.6 Å². The third-order valence-electron chi connectivity index (χ3n) is 4.36. The SMILES string of the molecule is CCCOc1cc(F)ccc1NC(=O)N[C@@H]1CCC[C@@H]1n1ccnc1. The number of carbonyl (C=O) groups excluding carboxylic acids is 1. The number of anilines is 1. The maximum Gasteiger partial charge on any atom is 0.319 e. The first kappa shape index (κ1) is 17.3. The van der Waals surface area contributed by atoms with E-state index >= 15 is 0 Å². The Hall–Kier alpha value is -2.57. The van der Waals surface area contributed by atoms with Crippen molar-refractivity contribution in [2.45, 2.75) is 44.7 Å². The summed E-state index contributed by atoms with van der Waals surface area (Å²) in [4.78, 5) is 16.5. The predicted octanol–water partition coefficient (Wildman–Crippen LogP) is 3.73. The van der Waals surface area contributed by atoms with E-state index in [1.807, 2.05) is 17.7 Å². The van der Waals surface area contributed by atoms with E-state index < -0.39 is 5.82 Å². The molecule has 1 heterocycles. The molecule has 1 aromatic carbocycles. The number of amides is 2. The van der Waals surface area contributed by atoms with E-state index in [4.69, 9.17) is 4.74 Å². The van der Waals surface area contributed by atoms with Crippen LogP contribution in [-0.4, -0.2) is 28.2 Å². The van der Waals surface area contributed by atoms with Crippen LogP contribution in [-0.2, 0) is 0 Å². The lowest BCUT2D eigenvalue weighted by Crippen LogP contribution is -2.40. The van der Waals surface area contributed by atoms with Crippen LogP contribution in [0, 0.1) is 5.82 Å². The Morgan fingerprint density at radius 3 is 3.08 bits per heavy atom. The molecule has 0 unspecified atom stereocenters. The highest BCUT2D eigenvalue weighted by Crippen LogP contribution is 2.30. The molecule has 1 aliphatic carbocycles. The number of nitrogens with zero attached hydrogens (tertiary/aromatic N) is 2. The molecule has 2 aromatic rings. The molecule has 2 N–H and O–H groups in total. The lowest BCUT2D eigenvalue weighted by atomic mass is 10.2. The molecule has 1 fully saturated rings. The summed E-state index contributed by atoms with van der Waals surface area (Å²) in [6.07, 6.45) is 9.21. The molecular formula is C18H23FN4O2. The zero-order chi connectivity index (χ0) is 17.6. The monoisotopic (exact) mass is 346 g/mol. The minimum absolute atomic E-state index is 0.0367. The van der Waals surface area contributed by atoms with Crippen molar-refractivity contribution < 1.29 is 13.9 Å². The molecular weight excluding hydrogens is 323 g/mol. The summed E-state index contributed by atoms with van der Waals surface area (Å²) in [6.45, 7) is 2.43. The van der Waals surface area contributed by atoms with Gasteiger partial charge in [0.15, 0.2) is 0 Å². The third-order valence-corrected chi connectivity index (χ3v) is 4.36. The Morgan fingerprint density at radius 1 is 1.44 bits per heavy atom. The largest absolute Gasteiger partial charge is 0.491 e. The van der Waals surface area contributed by atoms with E-state index in [0.717, 1.165) is 25.7 Å². The van der Waals surface area contributed by atoms with Gasteiger partial charge in [-0.3, -0.25) is 0 Å². The van der Waals surface area contributed by atoms with Crippen molar-refractivity contribution in [2.24, 2.45) is 0 Å². The fraction of sp³-hybridized carbons (Fsp3) is 0.444. The number of rotatable bonds is 6. The molecule has 1 aromatic heterocycles. The lowest BCUT2D eigenvalue weighted by molar-refractivity contribution is 0.244. The van der Waals surface area contributed by atoms with Gasteiger partial charge in [-0.05, 0) is 37.8 Å². The number of halogens is 1. The van der Waals surface area contributed by atoms with Gasteiger partial charge in [-0.2, -0.15) is 0 Å². The number of carbonyl (C=O) groups is 1. The first-order chi connectivity index (χ1) is 12.2.